The van der Waals surface area contributed by atoms with Crippen LogP contribution in [-0.4, -0.2) is 46.9 Å². The molecule has 1 amide bonds. The maximum absolute atomic E-state index is 12.5. The fraction of sp³-hybridized carbons (Fsp3) is 0.235. The third-order valence-corrected chi connectivity index (χ3v) is 3.70. The molecular formula is C17H17N5O6. The topological polar surface area (TPSA) is 131 Å². The maximum atomic E-state index is 12.5. The molecule has 0 saturated heterocycles. The smallest absolute Gasteiger partial charge is 0.442 e. The second-order valence-electron chi connectivity index (χ2n) is 5.39. The van der Waals surface area contributed by atoms with Gasteiger partial charge in [0.05, 0.1) is 21.3 Å². The number of hydrogen-bond acceptors (Lipinski definition) is 9. The molecule has 0 spiro atoms. The van der Waals surface area contributed by atoms with Gasteiger partial charge in [-0.05, 0) is 6.07 Å². The van der Waals surface area contributed by atoms with Gasteiger partial charge in [-0.3, -0.25) is 9.32 Å². The van der Waals surface area contributed by atoms with Gasteiger partial charge in [0, 0.05) is 30.2 Å². The zero-order chi connectivity index (χ0) is 20.1. The number of amides is 1. The van der Waals surface area contributed by atoms with E-state index >= 15 is 0 Å². The SMILES string of the molecule is COc1cc(NC(=O)Cn2c(-c3ncccn3)noc2=O)cc(OC)c1OC. The molecule has 3 rings (SSSR count). The van der Waals surface area contributed by atoms with Crippen LogP contribution in [0.15, 0.2) is 39.9 Å². The molecule has 0 aliphatic carbocycles. The number of rotatable bonds is 7. The van der Waals surface area contributed by atoms with Crippen LogP contribution in [0, 0.1) is 0 Å². The summed E-state index contributed by atoms with van der Waals surface area (Å²) in [6, 6.07) is 4.75. The third kappa shape index (κ3) is 3.77. The van der Waals surface area contributed by atoms with Crippen LogP contribution >= 0.6 is 0 Å². The Morgan fingerprint density at radius 2 is 1.75 bits per heavy atom. The molecule has 0 aliphatic rings. The van der Waals surface area contributed by atoms with Gasteiger partial charge in [-0.2, -0.15) is 0 Å². The summed E-state index contributed by atoms with van der Waals surface area (Å²) in [4.78, 5) is 32.4. The number of ether oxygens (including phenoxy) is 3. The zero-order valence-corrected chi connectivity index (χ0v) is 15.3. The maximum Gasteiger partial charge on any atom is 0.442 e. The first kappa shape index (κ1) is 18.9. The van der Waals surface area contributed by atoms with Crippen molar-refractivity contribution in [2.75, 3.05) is 26.6 Å². The number of carbonyl (C=O) groups excluding carboxylic acids is 1. The molecule has 0 atom stereocenters. The highest BCUT2D eigenvalue weighted by molar-refractivity contribution is 5.91. The summed E-state index contributed by atoms with van der Waals surface area (Å²) >= 11 is 0. The van der Waals surface area contributed by atoms with Crippen LogP contribution in [0.5, 0.6) is 17.2 Å². The predicted molar refractivity (Wildman–Crippen MR) is 96.5 cm³/mol. The van der Waals surface area contributed by atoms with E-state index in [0.717, 1.165) is 4.57 Å². The molecule has 1 N–H and O–H groups in total. The Kier molecular flexibility index (Phi) is 5.53. The fourth-order valence-corrected chi connectivity index (χ4v) is 2.48. The van der Waals surface area contributed by atoms with E-state index < -0.39 is 11.7 Å². The Morgan fingerprint density at radius 3 is 2.32 bits per heavy atom. The molecule has 2 aromatic heterocycles. The highest BCUT2D eigenvalue weighted by Crippen LogP contribution is 2.39. The fourth-order valence-electron chi connectivity index (χ4n) is 2.48. The quantitative estimate of drug-likeness (QED) is 0.629. The molecule has 11 nitrogen and oxygen atoms in total. The van der Waals surface area contributed by atoms with Crippen molar-refractivity contribution >= 4 is 11.6 Å². The standard InChI is InChI=1S/C17H17N5O6/c1-25-11-7-10(8-12(26-2)14(11)27-3)20-13(23)9-22-16(21-28-17(22)24)15-18-5-4-6-19-15/h4-8H,9H2,1-3H3,(H,20,23). The average molecular weight is 387 g/mol. The van der Waals surface area contributed by atoms with Gasteiger partial charge in [-0.25, -0.2) is 19.3 Å². The summed E-state index contributed by atoms with van der Waals surface area (Å²) < 4.78 is 21.4. The van der Waals surface area contributed by atoms with Crippen molar-refractivity contribution in [2.24, 2.45) is 0 Å². The summed E-state index contributed by atoms with van der Waals surface area (Å²) in [6.45, 7) is -0.355. The van der Waals surface area contributed by atoms with Gasteiger partial charge in [-0.15, -0.1) is 0 Å². The summed E-state index contributed by atoms with van der Waals surface area (Å²) in [5.74, 6) is 0.0379. The molecule has 3 aromatic rings. The van der Waals surface area contributed by atoms with Gasteiger partial charge in [-0.1, -0.05) is 5.16 Å². The molecule has 11 heteroatoms. The van der Waals surface area contributed by atoms with E-state index in [9.17, 15) is 9.59 Å². The van der Waals surface area contributed by atoms with Crippen molar-refractivity contribution in [2.45, 2.75) is 6.54 Å². The Hall–Kier alpha value is -3.89. The van der Waals surface area contributed by atoms with Crippen LogP contribution in [0.3, 0.4) is 0 Å². The molecule has 0 bridgehead atoms. The van der Waals surface area contributed by atoms with Crippen LogP contribution in [0.4, 0.5) is 5.69 Å². The lowest BCUT2D eigenvalue weighted by molar-refractivity contribution is -0.116. The number of carbonyl (C=O) groups is 1. The van der Waals surface area contributed by atoms with Crippen LogP contribution in [0.1, 0.15) is 0 Å². The zero-order valence-electron chi connectivity index (χ0n) is 15.3. The van der Waals surface area contributed by atoms with Gasteiger partial charge >= 0.3 is 5.76 Å². The van der Waals surface area contributed by atoms with E-state index in [0.29, 0.717) is 22.9 Å². The lowest BCUT2D eigenvalue weighted by atomic mass is 10.2. The molecule has 0 saturated carbocycles. The molecule has 2 heterocycles. The van der Waals surface area contributed by atoms with Crippen LogP contribution in [0.25, 0.3) is 11.6 Å². The van der Waals surface area contributed by atoms with Gasteiger partial charge in [0.25, 0.3) is 0 Å². The molecule has 0 aliphatic heterocycles. The molecule has 0 radical (unpaired) electrons. The second-order valence-corrected chi connectivity index (χ2v) is 5.39. The van der Waals surface area contributed by atoms with Gasteiger partial charge in [0.15, 0.2) is 17.3 Å². The third-order valence-electron chi connectivity index (χ3n) is 3.70. The first-order valence-corrected chi connectivity index (χ1v) is 8.01. The van der Waals surface area contributed by atoms with E-state index in [-0.39, 0.29) is 18.2 Å². The molecule has 28 heavy (non-hydrogen) atoms. The van der Waals surface area contributed by atoms with Crippen LogP contribution < -0.4 is 25.3 Å². The minimum Gasteiger partial charge on any atom is -0.493 e. The normalized spacial score (nSPS) is 10.4. The number of aromatic nitrogens is 4. The van der Waals surface area contributed by atoms with E-state index in [2.05, 4.69) is 25.0 Å². The van der Waals surface area contributed by atoms with Crippen molar-refractivity contribution in [3.63, 3.8) is 0 Å². The highest BCUT2D eigenvalue weighted by Gasteiger charge is 2.19. The lowest BCUT2D eigenvalue weighted by Crippen LogP contribution is -2.25. The Labute approximate surface area is 158 Å². The van der Waals surface area contributed by atoms with Crippen molar-refractivity contribution in [3.05, 3.63) is 41.1 Å². The number of nitrogens with one attached hydrogen (secondary N) is 1. The summed E-state index contributed by atoms with van der Waals surface area (Å²) in [5, 5.41) is 6.30. The molecule has 1 aromatic carbocycles. The van der Waals surface area contributed by atoms with Crippen molar-refractivity contribution in [1.29, 1.82) is 0 Å². The van der Waals surface area contributed by atoms with E-state index in [1.54, 1.807) is 18.2 Å². The molecule has 146 valence electrons. The average Bonchev–Trinajstić information content (AvgIpc) is 3.07. The van der Waals surface area contributed by atoms with Crippen molar-refractivity contribution < 1.29 is 23.5 Å². The summed E-state index contributed by atoms with van der Waals surface area (Å²) in [7, 11) is 4.40. The summed E-state index contributed by atoms with van der Waals surface area (Å²) in [5.41, 5.74) is 0.390. The molecule has 0 unspecified atom stereocenters. The first-order chi connectivity index (χ1) is 13.6. The number of benzene rings is 1. The number of anilines is 1. The highest BCUT2D eigenvalue weighted by atomic mass is 16.5. The Morgan fingerprint density at radius 1 is 1.11 bits per heavy atom. The van der Waals surface area contributed by atoms with Crippen LogP contribution in [-0.2, 0) is 11.3 Å². The van der Waals surface area contributed by atoms with E-state index in [4.69, 9.17) is 14.2 Å². The summed E-state index contributed by atoms with van der Waals surface area (Å²) in [6.07, 6.45) is 2.98. The second kappa shape index (κ2) is 8.20. The van der Waals surface area contributed by atoms with Gasteiger partial charge in [0.1, 0.15) is 6.54 Å². The van der Waals surface area contributed by atoms with Crippen molar-refractivity contribution in [3.8, 4) is 28.9 Å². The number of methoxy groups -OCH3 is 3. The molecular weight excluding hydrogens is 370 g/mol. The van der Waals surface area contributed by atoms with E-state index in [1.165, 1.54) is 33.7 Å². The number of nitrogens with zero attached hydrogens (tertiary/aromatic N) is 4. The van der Waals surface area contributed by atoms with Gasteiger partial charge < -0.3 is 19.5 Å². The lowest BCUT2D eigenvalue weighted by Gasteiger charge is -2.14. The van der Waals surface area contributed by atoms with Crippen molar-refractivity contribution in [1.82, 2.24) is 19.7 Å². The monoisotopic (exact) mass is 387 g/mol. The largest absolute Gasteiger partial charge is 0.493 e. The van der Waals surface area contributed by atoms with E-state index in [1.807, 2.05) is 0 Å². The minimum atomic E-state index is -0.803. The van der Waals surface area contributed by atoms with Gasteiger partial charge in [0.2, 0.25) is 17.5 Å². The molecule has 0 fully saturated rings. The first-order valence-electron chi connectivity index (χ1n) is 8.01. The Balaban J connectivity index is 1.84. The minimum absolute atomic E-state index is 0.0469. The predicted octanol–water partition coefficient (Wildman–Crippen LogP) is 0.958. The Bertz CT molecular complexity index is 1010. The number of hydrogen-bond donors (Lipinski definition) is 1. The van der Waals surface area contributed by atoms with Crippen LogP contribution in [0.2, 0.25) is 0 Å².